The summed E-state index contributed by atoms with van der Waals surface area (Å²) in [6.45, 7) is 8.96. The summed E-state index contributed by atoms with van der Waals surface area (Å²) in [6, 6.07) is 0. The van der Waals surface area contributed by atoms with Crippen LogP contribution < -0.4 is 5.32 Å². The average molecular weight is 534 g/mol. The zero-order chi connectivity index (χ0) is 25.8. The molecule has 0 aromatic heterocycles. The normalized spacial score (nSPS) is 36.3. The number of fused-ring (bicyclic) bond motifs is 1. The standard InChI is InChI=1S/C28H39NO5S2/c1-19-8-11-23-27(2,22(19)10-9-20-13-16-33-26(20)32)15-12-24(28(23,3)29-18-30)34-25(31)7-5-4-6-21-14-17-35-36-21/h9-10,13,18,21-24H,1,4-8,11-12,14-17H2,2-3H3,(H,29,30)/b10-9+. The number of carbonyl (C=O) groups is 3. The van der Waals surface area contributed by atoms with E-state index in [0.29, 0.717) is 25.0 Å². The van der Waals surface area contributed by atoms with Crippen LogP contribution in [0.3, 0.4) is 0 Å². The van der Waals surface area contributed by atoms with Crippen LogP contribution in [-0.2, 0) is 23.9 Å². The fourth-order valence-corrected chi connectivity index (χ4v) is 9.80. The van der Waals surface area contributed by atoms with Crippen molar-refractivity contribution >= 4 is 39.9 Å². The number of unbranched alkanes of at least 4 members (excludes halogenated alkanes) is 1. The van der Waals surface area contributed by atoms with Gasteiger partial charge in [0.05, 0.1) is 11.1 Å². The van der Waals surface area contributed by atoms with Crippen molar-refractivity contribution in [3.05, 3.63) is 36.0 Å². The van der Waals surface area contributed by atoms with Gasteiger partial charge in [0.15, 0.2) is 0 Å². The van der Waals surface area contributed by atoms with Gasteiger partial charge in [-0.2, -0.15) is 0 Å². The van der Waals surface area contributed by atoms with Crippen LogP contribution in [-0.4, -0.2) is 47.6 Å². The number of carbonyl (C=O) groups excluding carboxylic acids is 3. The van der Waals surface area contributed by atoms with Gasteiger partial charge in [0.25, 0.3) is 0 Å². The topological polar surface area (TPSA) is 81.7 Å². The number of esters is 2. The van der Waals surface area contributed by atoms with E-state index in [1.807, 2.05) is 34.6 Å². The second-order valence-electron chi connectivity index (χ2n) is 11.0. The van der Waals surface area contributed by atoms with Gasteiger partial charge >= 0.3 is 11.9 Å². The predicted octanol–water partition coefficient (Wildman–Crippen LogP) is 5.54. The number of ether oxygens (including phenoxy) is 2. The molecule has 2 aliphatic carbocycles. The van der Waals surface area contributed by atoms with Crippen LogP contribution >= 0.6 is 21.6 Å². The highest BCUT2D eigenvalue weighted by Gasteiger charge is 2.59. The molecule has 2 aliphatic heterocycles. The van der Waals surface area contributed by atoms with Gasteiger partial charge in [0.2, 0.25) is 6.41 Å². The maximum Gasteiger partial charge on any atom is 0.338 e. The molecule has 6 atom stereocenters. The molecule has 2 heterocycles. The molecule has 4 aliphatic rings. The minimum absolute atomic E-state index is 0.0570. The van der Waals surface area contributed by atoms with Crippen molar-refractivity contribution in [3.8, 4) is 0 Å². The molecule has 3 fully saturated rings. The van der Waals surface area contributed by atoms with Crippen LogP contribution in [0.2, 0.25) is 0 Å². The van der Waals surface area contributed by atoms with Crippen molar-refractivity contribution in [2.24, 2.45) is 17.3 Å². The number of hydrogen-bond donors (Lipinski definition) is 1. The lowest BCUT2D eigenvalue weighted by molar-refractivity contribution is -0.168. The smallest absolute Gasteiger partial charge is 0.338 e. The maximum atomic E-state index is 12.8. The summed E-state index contributed by atoms with van der Waals surface area (Å²) in [5.41, 5.74) is 0.870. The number of cyclic esters (lactones) is 1. The monoisotopic (exact) mass is 533 g/mol. The van der Waals surface area contributed by atoms with Crippen molar-refractivity contribution < 1.29 is 23.9 Å². The highest BCUT2D eigenvalue weighted by Crippen LogP contribution is 2.59. The first-order chi connectivity index (χ1) is 17.3. The number of nitrogens with one attached hydrogen (secondary N) is 1. The molecule has 6 nitrogen and oxygen atoms in total. The largest absolute Gasteiger partial charge is 0.460 e. The van der Waals surface area contributed by atoms with Crippen molar-refractivity contribution in [2.75, 3.05) is 12.4 Å². The minimum atomic E-state index is -0.666. The van der Waals surface area contributed by atoms with Crippen molar-refractivity contribution in [1.82, 2.24) is 5.32 Å². The summed E-state index contributed by atoms with van der Waals surface area (Å²) in [7, 11) is 3.93. The number of amides is 1. The van der Waals surface area contributed by atoms with Gasteiger partial charge in [-0.05, 0) is 69.3 Å². The van der Waals surface area contributed by atoms with Crippen LogP contribution in [0.4, 0.5) is 0 Å². The molecule has 1 N–H and O–H groups in total. The molecule has 2 saturated carbocycles. The Balaban J connectivity index is 1.43. The summed E-state index contributed by atoms with van der Waals surface area (Å²) in [4.78, 5) is 36.5. The van der Waals surface area contributed by atoms with Crippen LogP contribution in [0.5, 0.6) is 0 Å². The summed E-state index contributed by atoms with van der Waals surface area (Å²) < 4.78 is 11.1. The van der Waals surface area contributed by atoms with E-state index in [1.165, 1.54) is 12.2 Å². The van der Waals surface area contributed by atoms with Crippen molar-refractivity contribution in [3.63, 3.8) is 0 Å². The third-order valence-electron chi connectivity index (χ3n) is 8.79. The second kappa shape index (κ2) is 11.8. The van der Waals surface area contributed by atoms with E-state index in [4.69, 9.17) is 9.47 Å². The van der Waals surface area contributed by atoms with E-state index in [1.54, 1.807) is 6.08 Å². The fourth-order valence-electron chi connectivity index (χ4n) is 6.77. The van der Waals surface area contributed by atoms with Gasteiger partial charge in [-0.3, -0.25) is 9.59 Å². The Morgan fingerprint density at radius 1 is 1.31 bits per heavy atom. The molecule has 0 bridgehead atoms. The Kier molecular flexibility index (Phi) is 8.97. The molecule has 1 saturated heterocycles. The van der Waals surface area contributed by atoms with Gasteiger partial charge in [-0.1, -0.05) is 59.2 Å². The Bertz CT molecular complexity index is 927. The third kappa shape index (κ3) is 5.74. The van der Waals surface area contributed by atoms with Gasteiger partial charge in [-0.15, -0.1) is 0 Å². The molecule has 0 aromatic carbocycles. The third-order valence-corrected chi connectivity index (χ3v) is 11.8. The molecular formula is C28H39NO5S2. The minimum Gasteiger partial charge on any atom is -0.460 e. The molecule has 198 valence electrons. The molecular weight excluding hydrogens is 494 g/mol. The quantitative estimate of drug-likeness (QED) is 0.130. The van der Waals surface area contributed by atoms with E-state index in [-0.39, 0.29) is 35.3 Å². The van der Waals surface area contributed by atoms with Crippen LogP contribution in [0, 0.1) is 17.3 Å². The lowest BCUT2D eigenvalue weighted by Crippen LogP contribution is -2.66. The maximum absolute atomic E-state index is 12.8. The average Bonchev–Trinajstić information content (AvgIpc) is 3.50. The molecule has 4 rings (SSSR count). The van der Waals surface area contributed by atoms with E-state index in [0.717, 1.165) is 55.8 Å². The Hall–Kier alpha value is -1.67. The Morgan fingerprint density at radius 3 is 2.83 bits per heavy atom. The van der Waals surface area contributed by atoms with Crippen molar-refractivity contribution in [1.29, 1.82) is 0 Å². The summed E-state index contributed by atoms with van der Waals surface area (Å²) in [5.74, 6) is 0.929. The van der Waals surface area contributed by atoms with E-state index >= 15 is 0 Å². The zero-order valence-corrected chi connectivity index (χ0v) is 23.1. The zero-order valence-electron chi connectivity index (χ0n) is 21.5. The first-order valence-corrected chi connectivity index (χ1v) is 15.6. The van der Waals surface area contributed by atoms with Crippen molar-refractivity contribution in [2.45, 2.75) is 88.5 Å². The number of allylic oxidation sites excluding steroid dienone is 2. The molecule has 0 aromatic rings. The SMILES string of the molecule is C=C1CCC2C(C)(CCC(OC(=O)CCCCC3CCSS3)C2(C)NC=O)C1/C=C/C1=CCOC1=O. The highest BCUT2D eigenvalue weighted by atomic mass is 33.1. The lowest BCUT2D eigenvalue weighted by atomic mass is 9.48. The van der Waals surface area contributed by atoms with E-state index in [9.17, 15) is 14.4 Å². The number of hydrogen-bond acceptors (Lipinski definition) is 7. The molecule has 36 heavy (non-hydrogen) atoms. The van der Waals surface area contributed by atoms with E-state index in [2.05, 4.69) is 24.9 Å². The van der Waals surface area contributed by atoms with Gasteiger partial charge < -0.3 is 14.8 Å². The summed E-state index contributed by atoms with van der Waals surface area (Å²) >= 11 is 0. The van der Waals surface area contributed by atoms with Crippen LogP contribution in [0.15, 0.2) is 36.0 Å². The predicted molar refractivity (Wildman–Crippen MR) is 145 cm³/mol. The summed E-state index contributed by atoms with van der Waals surface area (Å²) in [6.07, 6.45) is 14.1. The summed E-state index contributed by atoms with van der Waals surface area (Å²) in [5, 5.41) is 3.81. The first kappa shape index (κ1) is 27.4. The molecule has 6 unspecified atom stereocenters. The van der Waals surface area contributed by atoms with Gasteiger partial charge in [-0.25, -0.2) is 4.79 Å². The fraction of sp³-hybridized carbons (Fsp3) is 0.679. The van der Waals surface area contributed by atoms with E-state index < -0.39 is 5.54 Å². The highest BCUT2D eigenvalue weighted by molar-refractivity contribution is 8.77. The number of rotatable bonds is 10. The lowest BCUT2D eigenvalue weighted by Gasteiger charge is -2.59. The van der Waals surface area contributed by atoms with Crippen LogP contribution in [0.25, 0.3) is 0 Å². The van der Waals surface area contributed by atoms with Crippen LogP contribution in [0.1, 0.15) is 71.6 Å². The molecule has 0 spiro atoms. The molecule has 0 radical (unpaired) electrons. The van der Waals surface area contributed by atoms with Gasteiger partial charge in [0, 0.05) is 23.3 Å². The molecule has 8 heteroatoms. The first-order valence-electron chi connectivity index (χ1n) is 13.2. The molecule has 1 amide bonds. The Labute approximate surface area is 222 Å². The Morgan fingerprint density at radius 2 is 2.14 bits per heavy atom. The second-order valence-corrected chi connectivity index (χ2v) is 13.8. The van der Waals surface area contributed by atoms with Gasteiger partial charge in [0.1, 0.15) is 12.7 Å².